The van der Waals surface area contributed by atoms with E-state index in [1.807, 2.05) is 0 Å². The number of ether oxygens (including phenoxy) is 1. The third-order valence-corrected chi connectivity index (χ3v) is 8.78. The van der Waals surface area contributed by atoms with Crippen molar-refractivity contribution < 1.29 is 56.5 Å². The number of rotatable bonds is 10. The van der Waals surface area contributed by atoms with Crippen molar-refractivity contribution in [2.45, 2.75) is 30.5 Å². The molecule has 3 rings (SSSR count). The maximum atomic E-state index is 12.1. The predicted molar refractivity (Wildman–Crippen MR) is 113 cm³/mol. The molecular formula is C13H19N6O13P3. The number of hydrogen-bond donors (Lipinski definition) is 6. The Labute approximate surface area is 194 Å². The summed E-state index contributed by atoms with van der Waals surface area (Å²) in [5.41, 5.74) is 1.69. The molecule has 0 bridgehead atoms. The van der Waals surface area contributed by atoms with Crippen molar-refractivity contribution in [2.24, 2.45) is 4.95 Å². The van der Waals surface area contributed by atoms with Crippen LogP contribution in [0.5, 0.6) is 0 Å². The average molecular weight is 560 g/mol. The first-order chi connectivity index (χ1) is 16.0. The van der Waals surface area contributed by atoms with Gasteiger partial charge >= 0.3 is 23.4 Å². The van der Waals surface area contributed by atoms with E-state index in [-0.39, 0.29) is 17.0 Å². The van der Waals surface area contributed by atoms with Gasteiger partial charge in [0.15, 0.2) is 23.3 Å². The lowest BCUT2D eigenvalue weighted by atomic mass is 9.87. The Bertz CT molecular complexity index is 1310. The molecule has 4 unspecified atom stereocenters. The minimum Gasteiger partial charge on any atom is -0.386 e. The molecular weight excluding hydrogens is 541 g/mol. The molecule has 0 aliphatic carbocycles. The number of fused-ring (bicyclic) bond motifs is 1. The number of phosphoric ester groups is 1. The predicted octanol–water partition coefficient (Wildman–Crippen LogP) is 0.0914. The van der Waals surface area contributed by atoms with Gasteiger partial charge in [0.25, 0.3) is 0 Å². The lowest BCUT2D eigenvalue weighted by molar-refractivity contribution is -0.115. The highest BCUT2D eigenvalue weighted by Crippen LogP contribution is 2.68. The summed E-state index contributed by atoms with van der Waals surface area (Å²) in [4.78, 5) is 51.4. The van der Waals surface area contributed by atoms with Crippen molar-refractivity contribution in [3.63, 3.8) is 0 Å². The number of phosphoric acid groups is 2. The van der Waals surface area contributed by atoms with Crippen molar-refractivity contribution in [3.8, 4) is 0 Å². The molecule has 19 nitrogen and oxygen atoms in total. The first-order valence-corrected chi connectivity index (χ1v) is 13.6. The number of nitrogens with two attached hydrogens (primary N) is 1. The van der Waals surface area contributed by atoms with Gasteiger partial charge in [0.05, 0.1) is 12.9 Å². The van der Waals surface area contributed by atoms with Crippen LogP contribution in [0, 0.1) is 4.91 Å². The fourth-order valence-corrected chi connectivity index (χ4v) is 6.45. The van der Waals surface area contributed by atoms with E-state index in [4.69, 9.17) is 15.4 Å². The molecule has 7 atom stereocenters. The number of aliphatic hydroxyl groups is 2. The number of nitrogens with zero attached hydrogens (tertiary/aromatic N) is 5. The maximum Gasteiger partial charge on any atom is 0.496 e. The fraction of sp³-hybridized carbons (Fsp3) is 0.462. The normalized spacial score (nSPS) is 31.9. The molecule has 194 valence electrons. The van der Waals surface area contributed by atoms with E-state index in [0.29, 0.717) is 0 Å². The third kappa shape index (κ3) is 5.41. The number of imidazole rings is 1. The van der Waals surface area contributed by atoms with Gasteiger partial charge in [0, 0.05) is 4.95 Å². The van der Waals surface area contributed by atoms with E-state index in [1.54, 1.807) is 4.95 Å². The minimum atomic E-state index is -5.82. The number of nitroso groups, excluding NO2 is 1. The Hall–Kier alpha value is -1.98. The average Bonchev–Trinajstić information content (AvgIpc) is 3.26. The molecule has 22 heteroatoms. The summed E-state index contributed by atoms with van der Waals surface area (Å²) in [7, 11) is -16.9. The topological polar surface area (TPSA) is 288 Å². The summed E-state index contributed by atoms with van der Waals surface area (Å²) >= 11 is 0. The minimum absolute atomic E-state index is 0.00626. The van der Waals surface area contributed by atoms with Crippen LogP contribution >= 0.6 is 23.4 Å². The zero-order chi connectivity index (χ0) is 26.4. The van der Waals surface area contributed by atoms with Gasteiger partial charge in [0.2, 0.25) is 0 Å². The van der Waals surface area contributed by atoms with E-state index in [9.17, 15) is 38.6 Å². The Kier molecular flexibility index (Phi) is 7.22. The Morgan fingerprint density at radius 1 is 1.26 bits per heavy atom. The monoisotopic (exact) mass is 560 g/mol. The second-order valence-corrected chi connectivity index (χ2v) is 11.9. The van der Waals surface area contributed by atoms with E-state index in [2.05, 4.69) is 34.7 Å². The van der Waals surface area contributed by atoms with Gasteiger partial charge < -0.3 is 35.4 Å². The standard InChI is InChI=1S/C13H19N6O13P3/c1-3-13(21)10(20)12(2,4-29-34(25,26)32-35(27,28)31-33(23,24)18-22)30-11(13)19-6-17-7-8(14)15-5-16-9(7)19/h3,5-6,10-11,20-21H,1,4H2,2H3,(H,23,24)(H,25,26)(H,27,28)(H2,14,15,16)/t10-,11?,12-,13-/m1/s1. The Morgan fingerprint density at radius 2 is 1.91 bits per heavy atom. The van der Waals surface area contributed by atoms with Crippen LogP contribution in [0.15, 0.2) is 30.3 Å². The van der Waals surface area contributed by atoms with Gasteiger partial charge in [-0.3, -0.25) is 9.09 Å². The van der Waals surface area contributed by atoms with Gasteiger partial charge in [-0.25, -0.2) is 28.6 Å². The maximum absolute atomic E-state index is 12.1. The quantitative estimate of drug-likeness (QED) is 0.127. The summed E-state index contributed by atoms with van der Waals surface area (Å²) in [6, 6.07) is 0. The molecule has 3 heterocycles. The Balaban J connectivity index is 1.85. The van der Waals surface area contributed by atoms with E-state index < -0.39 is 53.5 Å². The van der Waals surface area contributed by atoms with Crippen LogP contribution in [0.4, 0.5) is 5.82 Å². The largest absolute Gasteiger partial charge is 0.496 e. The van der Waals surface area contributed by atoms with Crippen molar-refractivity contribution in [2.75, 3.05) is 12.3 Å². The number of nitrogen functional groups attached to an aromatic ring is 1. The van der Waals surface area contributed by atoms with Gasteiger partial charge in [0.1, 0.15) is 23.5 Å². The summed E-state index contributed by atoms with van der Waals surface area (Å²) in [5, 5.41) is 21.9. The van der Waals surface area contributed by atoms with Crippen molar-refractivity contribution in [1.82, 2.24) is 19.5 Å². The highest BCUT2D eigenvalue weighted by atomic mass is 31.3. The molecule has 35 heavy (non-hydrogen) atoms. The third-order valence-electron chi connectivity index (χ3n) is 4.79. The number of aliphatic hydroxyl groups excluding tert-OH is 1. The van der Waals surface area contributed by atoms with Crippen LogP contribution in [0.25, 0.3) is 11.2 Å². The smallest absolute Gasteiger partial charge is 0.386 e. The summed E-state index contributed by atoms with van der Waals surface area (Å²) in [5.74, 6) is 0.00626. The number of aromatic nitrogens is 4. The lowest BCUT2D eigenvalue weighted by Gasteiger charge is -2.30. The van der Waals surface area contributed by atoms with Crippen molar-refractivity contribution >= 4 is 40.4 Å². The summed E-state index contributed by atoms with van der Waals surface area (Å²) in [6.45, 7) is 3.54. The molecule has 2 aromatic heterocycles. The number of hydrogen-bond acceptors (Lipinski definition) is 14. The molecule has 0 amide bonds. The van der Waals surface area contributed by atoms with Gasteiger partial charge in [-0.1, -0.05) is 12.7 Å². The van der Waals surface area contributed by atoms with Gasteiger partial charge in [-0.2, -0.15) is 8.62 Å². The van der Waals surface area contributed by atoms with Crippen LogP contribution in [0.2, 0.25) is 0 Å². The lowest BCUT2D eigenvalue weighted by Crippen LogP contribution is -2.50. The molecule has 1 aliphatic rings. The molecule has 0 spiro atoms. The van der Waals surface area contributed by atoms with E-state index >= 15 is 0 Å². The zero-order valence-electron chi connectivity index (χ0n) is 17.5. The second-order valence-electron chi connectivity index (χ2n) is 7.31. The molecule has 0 saturated carbocycles. The first-order valence-electron chi connectivity index (χ1n) is 9.04. The zero-order valence-corrected chi connectivity index (χ0v) is 20.1. The van der Waals surface area contributed by atoms with Crippen LogP contribution in [-0.2, 0) is 31.6 Å². The van der Waals surface area contributed by atoms with Crippen LogP contribution < -0.4 is 5.73 Å². The van der Waals surface area contributed by atoms with Gasteiger partial charge in [-0.05, 0) is 6.92 Å². The van der Waals surface area contributed by atoms with E-state index in [0.717, 1.165) is 19.3 Å². The van der Waals surface area contributed by atoms with Crippen LogP contribution in [0.3, 0.4) is 0 Å². The van der Waals surface area contributed by atoms with Crippen molar-refractivity contribution in [3.05, 3.63) is 30.2 Å². The molecule has 1 fully saturated rings. The van der Waals surface area contributed by atoms with Crippen LogP contribution in [-0.4, -0.2) is 68.3 Å². The molecule has 1 saturated heterocycles. The molecule has 2 aromatic rings. The molecule has 0 radical (unpaired) electrons. The molecule has 7 N–H and O–H groups in total. The Morgan fingerprint density at radius 3 is 2.51 bits per heavy atom. The molecule has 0 aromatic carbocycles. The van der Waals surface area contributed by atoms with Crippen molar-refractivity contribution in [1.29, 1.82) is 0 Å². The summed E-state index contributed by atoms with van der Waals surface area (Å²) < 4.78 is 53.6. The highest BCUT2D eigenvalue weighted by Gasteiger charge is 2.61. The molecule has 1 aliphatic heterocycles. The van der Waals surface area contributed by atoms with Gasteiger partial charge in [-0.15, -0.1) is 4.91 Å². The van der Waals surface area contributed by atoms with Crippen LogP contribution in [0.1, 0.15) is 13.2 Å². The fourth-order valence-electron chi connectivity index (χ4n) is 3.21. The summed E-state index contributed by atoms with van der Waals surface area (Å²) in [6.07, 6.45) is -0.186. The SMILES string of the molecule is C=C[C@]1(O)C(n2cnc3c(N)ncnc32)O[C@](C)(COP(=O)(O)OP(=O)(O)OP(=O)(O)N=O)[C@H]1O. The number of anilines is 1. The highest BCUT2D eigenvalue weighted by molar-refractivity contribution is 7.67. The first kappa shape index (κ1) is 27.6. The second kappa shape index (κ2) is 9.15. The van der Waals surface area contributed by atoms with E-state index in [1.165, 1.54) is 10.9 Å².